The van der Waals surface area contributed by atoms with Crippen molar-refractivity contribution in [3.8, 4) is 23.2 Å². The third-order valence-corrected chi connectivity index (χ3v) is 5.70. The number of aromatic nitrogens is 2. The van der Waals surface area contributed by atoms with Gasteiger partial charge in [0.15, 0.2) is 6.61 Å². The maximum absolute atomic E-state index is 12.8. The number of fused-ring (bicyclic) bond motifs is 3. The normalized spacial score (nSPS) is 13.9. The van der Waals surface area contributed by atoms with E-state index in [2.05, 4.69) is 4.98 Å². The predicted octanol–water partition coefficient (Wildman–Crippen LogP) is 3.82. The van der Waals surface area contributed by atoms with E-state index in [0.717, 1.165) is 29.5 Å². The second kappa shape index (κ2) is 6.69. The fourth-order valence-corrected chi connectivity index (χ4v) is 4.63. The van der Waals surface area contributed by atoms with E-state index in [4.69, 9.17) is 15.0 Å². The lowest BCUT2D eigenvalue weighted by atomic mass is 10.1. The molecule has 6 heteroatoms. The minimum absolute atomic E-state index is 0.0449. The number of benzene rings is 1. The fourth-order valence-electron chi connectivity index (χ4n) is 3.37. The van der Waals surface area contributed by atoms with Gasteiger partial charge in [-0.1, -0.05) is 18.6 Å². The SMILES string of the molecule is N#CCOc1ccccc1-c1nc2sc3c(c2c(=O)[nH]1)CCCCC3. The summed E-state index contributed by atoms with van der Waals surface area (Å²) in [7, 11) is 0. The molecule has 4 rings (SSSR count). The van der Waals surface area contributed by atoms with Crippen molar-refractivity contribution in [3.63, 3.8) is 0 Å². The summed E-state index contributed by atoms with van der Waals surface area (Å²) in [5.74, 6) is 1.03. The predicted molar refractivity (Wildman–Crippen MR) is 98.0 cm³/mol. The highest BCUT2D eigenvalue weighted by Crippen LogP contribution is 2.34. The lowest BCUT2D eigenvalue weighted by molar-refractivity contribution is 0.369. The van der Waals surface area contributed by atoms with Gasteiger partial charge in [0.1, 0.15) is 22.5 Å². The van der Waals surface area contributed by atoms with E-state index < -0.39 is 0 Å². The van der Waals surface area contributed by atoms with Crippen molar-refractivity contribution < 1.29 is 4.74 Å². The molecule has 1 aromatic carbocycles. The quantitative estimate of drug-likeness (QED) is 0.728. The summed E-state index contributed by atoms with van der Waals surface area (Å²) in [4.78, 5) is 22.5. The van der Waals surface area contributed by atoms with E-state index in [0.29, 0.717) is 17.1 Å². The molecule has 0 saturated heterocycles. The lowest BCUT2D eigenvalue weighted by Crippen LogP contribution is -2.10. The van der Waals surface area contributed by atoms with E-state index in [-0.39, 0.29) is 12.2 Å². The Morgan fingerprint density at radius 1 is 1.24 bits per heavy atom. The van der Waals surface area contributed by atoms with Gasteiger partial charge in [0.2, 0.25) is 0 Å². The first kappa shape index (κ1) is 15.9. The molecule has 5 nitrogen and oxygen atoms in total. The van der Waals surface area contributed by atoms with Crippen LogP contribution in [0, 0.1) is 11.3 Å². The summed E-state index contributed by atoms with van der Waals surface area (Å²) < 4.78 is 5.47. The van der Waals surface area contributed by atoms with Crippen LogP contribution in [0.4, 0.5) is 0 Å². The van der Waals surface area contributed by atoms with Crippen molar-refractivity contribution in [2.45, 2.75) is 32.1 Å². The highest BCUT2D eigenvalue weighted by atomic mass is 32.1. The molecule has 0 amide bonds. The van der Waals surface area contributed by atoms with Crippen molar-refractivity contribution in [1.29, 1.82) is 5.26 Å². The molecule has 0 aliphatic heterocycles. The van der Waals surface area contributed by atoms with Gasteiger partial charge in [0.05, 0.1) is 10.9 Å². The number of nitrogens with zero attached hydrogens (tertiary/aromatic N) is 2. The number of thiophene rings is 1. The van der Waals surface area contributed by atoms with Gasteiger partial charge in [-0.2, -0.15) is 5.26 Å². The third kappa shape index (κ3) is 2.92. The first-order chi connectivity index (χ1) is 12.3. The highest BCUT2D eigenvalue weighted by molar-refractivity contribution is 7.18. The van der Waals surface area contributed by atoms with E-state index in [1.165, 1.54) is 23.3 Å². The topological polar surface area (TPSA) is 78.8 Å². The van der Waals surface area contributed by atoms with Gasteiger partial charge in [0, 0.05) is 4.88 Å². The number of rotatable bonds is 3. The summed E-state index contributed by atoms with van der Waals surface area (Å²) in [6.07, 6.45) is 5.52. The van der Waals surface area contributed by atoms with Crippen molar-refractivity contribution in [2.24, 2.45) is 0 Å². The second-order valence-electron chi connectivity index (χ2n) is 6.10. The number of aryl methyl sites for hydroxylation is 2. The Morgan fingerprint density at radius 2 is 2.08 bits per heavy atom. The number of ether oxygens (including phenoxy) is 1. The summed E-state index contributed by atoms with van der Waals surface area (Å²) in [5, 5.41) is 9.50. The Hall–Kier alpha value is -2.65. The summed E-state index contributed by atoms with van der Waals surface area (Å²) in [5.41, 5.74) is 1.79. The maximum Gasteiger partial charge on any atom is 0.260 e. The molecule has 0 bridgehead atoms. The molecule has 0 saturated carbocycles. The first-order valence-corrected chi connectivity index (χ1v) is 9.23. The summed E-state index contributed by atoms with van der Waals surface area (Å²) >= 11 is 1.64. The Kier molecular flexibility index (Phi) is 4.24. The molecule has 1 N–H and O–H groups in total. The molecule has 0 atom stereocenters. The molecule has 0 fully saturated rings. The number of nitriles is 1. The lowest BCUT2D eigenvalue weighted by Gasteiger charge is -2.08. The number of hydrogen-bond donors (Lipinski definition) is 1. The minimum atomic E-state index is -0.0884. The molecule has 3 aromatic rings. The van der Waals surface area contributed by atoms with Crippen LogP contribution < -0.4 is 10.3 Å². The largest absolute Gasteiger partial charge is 0.478 e. The number of aromatic amines is 1. The Bertz CT molecular complexity index is 1030. The van der Waals surface area contributed by atoms with Crippen LogP contribution in [-0.2, 0) is 12.8 Å². The molecule has 2 aromatic heterocycles. The van der Waals surface area contributed by atoms with Gasteiger partial charge >= 0.3 is 0 Å². The average molecular weight is 351 g/mol. The van der Waals surface area contributed by atoms with Crippen LogP contribution in [-0.4, -0.2) is 16.6 Å². The van der Waals surface area contributed by atoms with Crippen LogP contribution in [0.25, 0.3) is 21.6 Å². The van der Waals surface area contributed by atoms with Crippen LogP contribution in [0.1, 0.15) is 29.7 Å². The molecule has 0 spiro atoms. The van der Waals surface area contributed by atoms with E-state index in [1.807, 2.05) is 24.3 Å². The summed E-state index contributed by atoms with van der Waals surface area (Å²) in [6.45, 7) is -0.0449. The smallest absolute Gasteiger partial charge is 0.260 e. The number of hydrogen-bond acceptors (Lipinski definition) is 5. The van der Waals surface area contributed by atoms with Crippen molar-refractivity contribution >= 4 is 21.6 Å². The van der Waals surface area contributed by atoms with Crippen LogP contribution >= 0.6 is 11.3 Å². The van der Waals surface area contributed by atoms with Gasteiger partial charge < -0.3 is 9.72 Å². The molecule has 1 aliphatic rings. The van der Waals surface area contributed by atoms with Crippen LogP contribution in [0.15, 0.2) is 29.1 Å². The van der Waals surface area contributed by atoms with Gasteiger partial charge in [-0.05, 0) is 43.4 Å². The maximum atomic E-state index is 12.8. The average Bonchev–Trinajstić information content (AvgIpc) is 2.82. The molecule has 126 valence electrons. The van der Waals surface area contributed by atoms with Gasteiger partial charge in [-0.15, -0.1) is 11.3 Å². The highest BCUT2D eigenvalue weighted by Gasteiger charge is 2.20. The number of para-hydroxylation sites is 1. The molecule has 2 heterocycles. The Balaban J connectivity index is 1.86. The van der Waals surface area contributed by atoms with Crippen LogP contribution in [0.2, 0.25) is 0 Å². The molecule has 1 aliphatic carbocycles. The minimum Gasteiger partial charge on any atom is -0.478 e. The zero-order valence-electron chi connectivity index (χ0n) is 13.7. The zero-order chi connectivity index (χ0) is 17.2. The third-order valence-electron chi connectivity index (χ3n) is 4.51. The Labute approximate surface area is 148 Å². The molecule has 25 heavy (non-hydrogen) atoms. The van der Waals surface area contributed by atoms with E-state index >= 15 is 0 Å². The monoisotopic (exact) mass is 351 g/mol. The molecule has 0 unspecified atom stereocenters. The fraction of sp³-hybridized carbons (Fsp3) is 0.316. The second-order valence-corrected chi connectivity index (χ2v) is 7.19. The van der Waals surface area contributed by atoms with E-state index in [9.17, 15) is 4.79 Å². The zero-order valence-corrected chi connectivity index (χ0v) is 14.5. The molecule has 0 radical (unpaired) electrons. The van der Waals surface area contributed by atoms with Crippen molar-refractivity contribution in [2.75, 3.05) is 6.61 Å². The van der Waals surface area contributed by atoms with Gasteiger partial charge in [0.25, 0.3) is 5.56 Å². The Morgan fingerprint density at radius 3 is 2.96 bits per heavy atom. The standard InChI is InChI=1S/C19H17N3O2S/c20-10-11-24-14-8-5-4-6-12(14)17-21-18(23)16-13-7-2-1-3-9-15(13)25-19(16)22-17/h4-6,8H,1-3,7,9,11H2,(H,21,22,23). The van der Waals surface area contributed by atoms with E-state index in [1.54, 1.807) is 17.4 Å². The number of nitrogens with one attached hydrogen (secondary N) is 1. The van der Waals surface area contributed by atoms with Crippen LogP contribution in [0.5, 0.6) is 5.75 Å². The van der Waals surface area contributed by atoms with Crippen LogP contribution in [0.3, 0.4) is 0 Å². The summed E-state index contributed by atoms with van der Waals surface area (Å²) in [6, 6.07) is 9.28. The van der Waals surface area contributed by atoms with Crippen molar-refractivity contribution in [1.82, 2.24) is 9.97 Å². The molecular formula is C19H17N3O2S. The van der Waals surface area contributed by atoms with Crippen molar-refractivity contribution in [3.05, 3.63) is 45.1 Å². The van der Waals surface area contributed by atoms with Gasteiger partial charge in [-0.3, -0.25) is 4.79 Å². The first-order valence-electron chi connectivity index (χ1n) is 8.41. The number of H-pyrrole nitrogens is 1. The molecular weight excluding hydrogens is 334 g/mol. The van der Waals surface area contributed by atoms with Gasteiger partial charge in [-0.25, -0.2) is 4.98 Å².